The Hall–Kier alpha value is -3.78. The van der Waals surface area contributed by atoms with E-state index in [9.17, 15) is 44.7 Å². The van der Waals surface area contributed by atoms with Crippen LogP contribution in [0.2, 0.25) is 0 Å². The number of benzene rings is 1. The summed E-state index contributed by atoms with van der Waals surface area (Å²) in [5.41, 5.74) is 0.971. The van der Waals surface area contributed by atoms with Gasteiger partial charge >= 0.3 is 0 Å². The van der Waals surface area contributed by atoms with Gasteiger partial charge in [0.1, 0.15) is 22.8 Å². The lowest BCUT2D eigenvalue weighted by Gasteiger charge is -2.53. The number of rotatable bonds is 7. The van der Waals surface area contributed by atoms with E-state index in [-0.39, 0.29) is 17.8 Å². The Morgan fingerprint density at radius 2 is 1.71 bits per heavy atom. The number of fused-ring (bicyclic) bond motifs is 3. The molecular formula is C28H36N4O9. The van der Waals surface area contributed by atoms with E-state index in [1.807, 2.05) is 18.7 Å². The van der Waals surface area contributed by atoms with Crippen LogP contribution in [0.5, 0.6) is 5.75 Å². The van der Waals surface area contributed by atoms with E-state index in [0.29, 0.717) is 18.7 Å². The molecule has 3 aliphatic rings. The zero-order chi connectivity index (χ0) is 30.7. The van der Waals surface area contributed by atoms with Gasteiger partial charge in [-0.25, -0.2) is 0 Å². The first-order valence-corrected chi connectivity index (χ1v) is 13.4. The number of carbonyl (C=O) groups excluding carboxylic acids is 4. The fourth-order valence-electron chi connectivity index (χ4n) is 6.56. The summed E-state index contributed by atoms with van der Waals surface area (Å²) in [5, 5.41) is 59.5. The molecule has 4 rings (SSSR count). The molecule has 2 amide bonds. The SMILES string of the molecule is CCN(CC)CC(=O)Nc1ccc2c(c1O)C(O)=C1C(=O)C3(O)C(O)=C(C(N)=O)C(=O)[C@@H](N(C)C)C3C(O)C1C2C. The Kier molecular flexibility index (Phi) is 7.78. The van der Waals surface area contributed by atoms with E-state index in [0.717, 1.165) is 0 Å². The molecule has 8 N–H and O–H groups in total. The third-order valence-corrected chi connectivity index (χ3v) is 8.67. The second-order valence-corrected chi connectivity index (χ2v) is 11.0. The van der Waals surface area contributed by atoms with E-state index < -0.39 is 87.3 Å². The predicted molar refractivity (Wildman–Crippen MR) is 147 cm³/mol. The molecule has 13 nitrogen and oxygen atoms in total. The van der Waals surface area contributed by atoms with Crippen molar-refractivity contribution in [1.82, 2.24) is 9.80 Å². The smallest absolute Gasteiger partial charge is 0.255 e. The van der Waals surface area contributed by atoms with Crippen LogP contribution in [0.4, 0.5) is 5.69 Å². The molecule has 0 spiro atoms. The molecule has 0 radical (unpaired) electrons. The van der Waals surface area contributed by atoms with Crippen molar-refractivity contribution >= 4 is 34.8 Å². The van der Waals surface area contributed by atoms with Crippen LogP contribution in [0.15, 0.2) is 29.0 Å². The lowest BCUT2D eigenvalue weighted by molar-refractivity contribution is -0.169. The van der Waals surface area contributed by atoms with Crippen LogP contribution in [0.25, 0.3) is 5.76 Å². The summed E-state index contributed by atoms with van der Waals surface area (Å²) in [6, 6.07) is 1.55. The van der Waals surface area contributed by atoms with Crippen LogP contribution in [-0.2, 0) is 19.2 Å². The molecule has 6 atom stereocenters. The van der Waals surface area contributed by atoms with Gasteiger partial charge in [-0.15, -0.1) is 0 Å². The molecule has 41 heavy (non-hydrogen) atoms. The number of Topliss-reactive ketones (excluding diaryl/α,β-unsaturated/α-hetero) is 2. The molecule has 1 fully saturated rings. The number of anilines is 1. The van der Waals surface area contributed by atoms with Gasteiger partial charge in [0.05, 0.1) is 35.9 Å². The largest absolute Gasteiger partial charge is 0.508 e. The fourth-order valence-corrected chi connectivity index (χ4v) is 6.56. The van der Waals surface area contributed by atoms with Crippen molar-refractivity contribution in [2.45, 2.75) is 44.4 Å². The molecule has 0 aliphatic heterocycles. The van der Waals surface area contributed by atoms with Crippen LogP contribution in [0.3, 0.4) is 0 Å². The van der Waals surface area contributed by atoms with Gasteiger partial charge in [-0.1, -0.05) is 26.8 Å². The van der Waals surface area contributed by atoms with Gasteiger partial charge in [-0.2, -0.15) is 0 Å². The number of aliphatic hydroxyl groups is 4. The van der Waals surface area contributed by atoms with Crippen LogP contribution in [0.1, 0.15) is 37.8 Å². The summed E-state index contributed by atoms with van der Waals surface area (Å²) in [7, 11) is 2.88. The van der Waals surface area contributed by atoms with E-state index in [2.05, 4.69) is 5.32 Å². The van der Waals surface area contributed by atoms with Crippen molar-refractivity contribution in [3.05, 3.63) is 40.2 Å². The Balaban J connectivity index is 1.90. The van der Waals surface area contributed by atoms with E-state index in [1.165, 1.54) is 31.1 Å². The Bertz CT molecular complexity index is 1400. The molecule has 0 heterocycles. The van der Waals surface area contributed by atoms with E-state index >= 15 is 0 Å². The molecule has 0 aromatic heterocycles. The highest BCUT2D eigenvalue weighted by Crippen LogP contribution is 2.56. The summed E-state index contributed by atoms with van der Waals surface area (Å²) < 4.78 is 0. The lowest BCUT2D eigenvalue weighted by atomic mass is 9.54. The molecule has 0 bridgehead atoms. The zero-order valence-electron chi connectivity index (χ0n) is 23.5. The number of hydrogen-bond acceptors (Lipinski definition) is 11. The number of aliphatic hydroxyl groups excluding tert-OH is 3. The molecule has 13 heteroatoms. The Labute approximate surface area is 236 Å². The molecule has 1 saturated carbocycles. The second-order valence-electron chi connectivity index (χ2n) is 11.0. The maximum atomic E-state index is 14.0. The number of nitrogens with one attached hydrogen (secondary N) is 1. The lowest BCUT2D eigenvalue weighted by Crippen LogP contribution is -2.70. The molecule has 222 valence electrons. The van der Waals surface area contributed by atoms with Gasteiger partial charge in [0.15, 0.2) is 11.4 Å². The first-order valence-electron chi connectivity index (χ1n) is 13.4. The number of phenols is 1. The van der Waals surface area contributed by atoms with E-state index in [1.54, 1.807) is 6.92 Å². The highest BCUT2D eigenvalue weighted by atomic mass is 16.4. The molecule has 5 unspecified atom stereocenters. The average Bonchev–Trinajstić information content (AvgIpc) is 2.90. The van der Waals surface area contributed by atoms with Crippen LogP contribution in [-0.4, -0.2) is 110 Å². The third-order valence-electron chi connectivity index (χ3n) is 8.67. The second kappa shape index (κ2) is 10.6. The van der Waals surface area contributed by atoms with Gasteiger partial charge in [0.25, 0.3) is 5.91 Å². The number of likely N-dealkylation sites (N-methyl/N-ethyl adjacent to an activating group) is 2. The highest BCUT2D eigenvalue weighted by Gasteiger charge is 2.68. The molecule has 3 aliphatic carbocycles. The Morgan fingerprint density at radius 3 is 2.24 bits per heavy atom. The number of nitrogens with zero attached hydrogens (tertiary/aromatic N) is 2. The van der Waals surface area contributed by atoms with Crippen molar-refractivity contribution in [2.24, 2.45) is 17.6 Å². The number of ketones is 2. The summed E-state index contributed by atoms with van der Waals surface area (Å²) in [6.07, 6.45) is -1.68. The van der Waals surface area contributed by atoms with Crippen molar-refractivity contribution in [3.63, 3.8) is 0 Å². The number of primary amides is 1. The van der Waals surface area contributed by atoms with Gasteiger partial charge in [-0.3, -0.25) is 29.0 Å². The zero-order valence-corrected chi connectivity index (χ0v) is 23.5. The maximum absolute atomic E-state index is 14.0. The normalized spacial score (nSPS) is 29.4. The number of phenolic OH excluding ortho intramolecular Hbond substituents is 1. The minimum absolute atomic E-state index is 0.0335. The van der Waals surface area contributed by atoms with E-state index in [4.69, 9.17) is 5.73 Å². The number of amides is 2. The number of nitrogens with two attached hydrogens (primary N) is 1. The average molecular weight is 573 g/mol. The van der Waals surface area contributed by atoms with Gasteiger partial charge in [0, 0.05) is 11.5 Å². The van der Waals surface area contributed by atoms with Gasteiger partial charge in [-0.05, 0) is 44.7 Å². The molecule has 0 saturated heterocycles. The van der Waals surface area contributed by atoms with Crippen molar-refractivity contribution in [3.8, 4) is 5.75 Å². The summed E-state index contributed by atoms with van der Waals surface area (Å²) in [5.74, 6) is -10.2. The van der Waals surface area contributed by atoms with Gasteiger partial charge in [0.2, 0.25) is 11.7 Å². The number of carbonyl (C=O) groups is 4. The summed E-state index contributed by atoms with van der Waals surface area (Å²) in [6.45, 7) is 6.72. The van der Waals surface area contributed by atoms with Gasteiger partial charge < -0.3 is 36.6 Å². The van der Waals surface area contributed by atoms with Crippen molar-refractivity contribution in [2.75, 3.05) is 39.0 Å². The summed E-state index contributed by atoms with van der Waals surface area (Å²) >= 11 is 0. The standard InChI is InChI=1S/C28H36N4O9/c1-6-32(7-2)10-14(33)30-13-9-8-12-11(3)15-17(22(35)16(12)21(13)34)25(38)28(41)19(23(15)36)20(31(4)5)24(37)18(26(28)39)27(29)40/h8-9,11,15,19-20,23,34-36,39,41H,6-7,10H2,1-5H3,(H2,29,40)(H,30,33)/t11?,15?,19?,20-,23?,28?/m0/s1. The first kappa shape index (κ1) is 30.2. The highest BCUT2D eigenvalue weighted by molar-refractivity contribution is 6.24. The minimum atomic E-state index is -2.99. The van der Waals surface area contributed by atoms with Crippen molar-refractivity contribution in [1.29, 1.82) is 0 Å². The van der Waals surface area contributed by atoms with Crippen molar-refractivity contribution < 1.29 is 44.7 Å². The van der Waals surface area contributed by atoms with Crippen LogP contribution in [0, 0.1) is 11.8 Å². The summed E-state index contributed by atoms with van der Waals surface area (Å²) in [4.78, 5) is 55.1. The topological polar surface area (TPSA) is 214 Å². The Morgan fingerprint density at radius 1 is 1.10 bits per heavy atom. The molecular weight excluding hydrogens is 536 g/mol. The monoisotopic (exact) mass is 572 g/mol. The first-order chi connectivity index (χ1) is 19.1. The minimum Gasteiger partial charge on any atom is -0.508 e. The third kappa shape index (κ3) is 4.31. The fraction of sp³-hybridized carbons (Fsp3) is 0.500. The number of aromatic hydroxyl groups is 1. The maximum Gasteiger partial charge on any atom is 0.255 e. The quantitative estimate of drug-likeness (QED) is 0.167. The van der Waals surface area contributed by atoms with Crippen LogP contribution >= 0.6 is 0 Å². The molecule has 1 aromatic carbocycles. The number of hydrogen-bond donors (Lipinski definition) is 7. The van der Waals surface area contributed by atoms with Crippen LogP contribution < -0.4 is 11.1 Å². The molecule has 1 aromatic rings. The predicted octanol–water partition coefficient (Wildman–Crippen LogP) is -0.224.